The molecule has 0 spiro atoms. The van der Waals surface area contributed by atoms with E-state index in [0.717, 1.165) is 13.0 Å². The van der Waals surface area contributed by atoms with Gasteiger partial charge >= 0.3 is 0 Å². The number of nitrogens with zero attached hydrogens (tertiary/aromatic N) is 1. The van der Waals surface area contributed by atoms with Gasteiger partial charge in [-0.1, -0.05) is 0 Å². The third-order valence-corrected chi connectivity index (χ3v) is 1.17. The summed E-state index contributed by atoms with van der Waals surface area (Å²) in [5.74, 6) is 4.78. The molecule has 60 valence electrons. The lowest BCUT2D eigenvalue weighted by atomic mass is 10.3. The lowest BCUT2D eigenvalue weighted by Crippen LogP contribution is -2.30. The van der Waals surface area contributed by atoms with E-state index in [4.69, 9.17) is 5.84 Å². The van der Waals surface area contributed by atoms with Gasteiger partial charge in [0, 0.05) is 6.42 Å². The van der Waals surface area contributed by atoms with Gasteiger partial charge in [-0.25, -0.2) is 5.84 Å². The first-order chi connectivity index (χ1) is 4.66. The number of carbonyl (C=O) groups is 1. The van der Waals surface area contributed by atoms with E-state index in [2.05, 4.69) is 5.43 Å². The predicted molar refractivity (Wildman–Crippen MR) is 40.1 cm³/mol. The Hall–Kier alpha value is -0.610. The van der Waals surface area contributed by atoms with E-state index in [1.807, 2.05) is 19.0 Å². The average Bonchev–Trinajstić information content (AvgIpc) is 1.87. The normalized spacial score (nSPS) is 10.0. The van der Waals surface area contributed by atoms with Crippen LogP contribution in [0.15, 0.2) is 0 Å². The average molecular weight is 145 g/mol. The maximum Gasteiger partial charge on any atom is 0.233 e. The van der Waals surface area contributed by atoms with Crippen LogP contribution in [0.1, 0.15) is 12.8 Å². The molecule has 0 saturated carbocycles. The summed E-state index contributed by atoms with van der Waals surface area (Å²) in [4.78, 5) is 12.6. The smallest absolute Gasteiger partial charge is 0.233 e. The Morgan fingerprint density at radius 1 is 1.60 bits per heavy atom. The highest BCUT2D eigenvalue weighted by atomic mass is 16.2. The molecular formula is C6H15N3O. The maximum atomic E-state index is 10.5. The molecule has 0 aromatic rings. The maximum absolute atomic E-state index is 10.5. The van der Waals surface area contributed by atoms with Gasteiger partial charge < -0.3 is 4.90 Å². The number of hydrogen-bond acceptors (Lipinski definition) is 3. The molecular weight excluding hydrogens is 130 g/mol. The van der Waals surface area contributed by atoms with Crippen LogP contribution in [0, 0.1) is 0 Å². The Labute approximate surface area is 61.3 Å². The molecule has 1 amide bonds. The van der Waals surface area contributed by atoms with Crippen molar-refractivity contribution in [2.24, 2.45) is 5.84 Å². The van der Waals surface area contributed by atoms with E-state index < -0.39 is 0 Å². The summed E-state index contributed by atoms with van der Waals surface area (Å²) >= 11 is 0. The van der Waals surface area contributed by atoms with Gasteiger partial charge in [-0.05, 0) is 27.1 Å². The van der Waals surface area contributed by atoms with E-state index in [1.165, 1.54) is 0 Å². The van der Waals surface area contributed by atoms with E-state index in [-0.39, 0.29) is 5.91 Å². The van der Waals surface area contributed by atoms with Gasteiger partial charge in [0.2, 0.25) is 5.91 Å². The van der Waals surface area contributed by atoms with Crippen LogP contribution in [0.4, 0.5) is 0 Å². The number of nitrogens with one attached hydrogen (secondary N) is 1. The fourth-order valence-corrected chi connectivity index (χ4v) is 0.628. The number of amides is 1. The fourth-order valence-electron chi connectivity index (χ4n) is 0.628. The molecule has 10 heavy (non-hydrogen) atoms. The molecule has 0 fully saturated rings. The highest BCUT2D eigenvalue weighted by molar-refractivity contribution is 5.75. The van der Waals surface area contributed by atoms with Crippen molar-refractivity contribution in [1.29, 1.82) is 0 Å². The molecule has 0 heterocycles. The Balaban J connectivity index is 3.12. The molecule has 0 bridgehead atoms. The van der Waals surface area contributed by atoms with Crippen molar-refractivity contribution in [1.82, 2.24) is 10.3 Å². The molecule has 0 saturated heterocycles. The van der Waals surface area contributed by atoms with Crippen LogP contribution in [0.5, 0.6) is 0 Å². The van der Waals surface area contributed by atoms with Crippen LogP contribution in [-0.4, -0.2) is 31.4 Å². The van der Waals surface area contributed by atoms with Crippen molar-refractivity contribution in [2.45, 2.75) is 12.8 Å². The summed E-state index contributed by atoms with van der Waals surface area (Å²) in [6, 6.07) is 0. The highest BCUT2D eigenvalue weighted by Crippen LogP contribution is 1.88. The molecule has 3 N–H and O–H groups in total. The number of hydrogen-bond donors (Lipinski definition) is 2. The van der Waals surface area contributed by atoms with Crippen molar-refractivity contribution in [3.63, 3.8) is 0 Å². The zero-order valence-electron chi connectivity index (χ0n) is 6.55. The molecule has 0 rings (SSSR count). The van der Waals surface area contributed by atoms with Crippen molar-refractivity contribution in [3.8, 4) is 0 Å². The van der Waals surface area contributed by atoms with E-state index in [1.54, 1.807) is 0 Å². The number of nitrogens with two attached hydrogens (primary N) is 1. The quantitative estimate of drug-likeness (QED) is 0.313. The first-order valence-corrected chi connectivity index (χ1v) is 3.31. The van der Waals surface area contributed by atoms with Gasteiger partial charge in [-0.3, -0.25) is 10.2 Å². The van der Waals surface area contributed by atoms with Gasteiger partial charge in [0.05, 0.1) is 0 Å². The van der Waals surface area contributed by atoms with Gasteiger partial charge in [-0.2, -0.15) is 0 Å². The Kier molecular flexibility index (Phi) is 4.88. The van der Waals surface area contributed by atoms with Gasteiger partial charge in [0.1, 0.15) is 0 Å². The summed E-state index contributed by atoms with van der Waals surface area (Å²) < 4.78 is 0. The van der Waals surface area contributed by atoms with Crippen molar-refractivity contribution < 1.29 is 4.79 Å². The van der Waals surface area contributed by atoms with Crippen LogP contribution >= 0.6 is 0 Å². The minimum absolute atomic E-state index is 0.0955. The molecule has 0 unspecified atom stereocenters. The monoisotopic (exact) mass is 145 g/mol. The minimum Gasteiger partial charge on any atom is -0.309 e. The topological polar surface area (TPSA) is 58.4 Å². The van der Waals surface area contributed by atoms with Crippen LogP contribution in [-0.2, 0) is 4.79 Å². The number of carbonyl (C=O) groups excluding carboxylic acids is 1. The van der Waals surface area contributed by atoms with Crippen molar-refractivity contribution >= 4 is 5.91 Å². The molecule has 0 aromatic carbocycles. The number of hydrazine groups is 1. The molecule has 0 radical (unpaired) electrons. The van der Waals surface area contributed by atoms with Crippen molar-refractivity contribution in [3.05, 3.63) is 0 Å². The lowest BCUT2D eigenvalue weighted by molar-refractivity contribution is -0.121. The first kappa shape index (κ1) is 9.39. The molecule has 4 nitrogen and oxygen atoms in total. The lowest BCUT2D eigenvalue weighted by Gasteiger charge is -2.07. The predicted octanol–water partition coefficient (Wildman–Crippen LogP) is -0.682. The second-order valence-corrected chi connectivity index (χ2v) is 2.47. The minimum atomic E-state index is -0.0955. The third-order valence-electron chi connectivity index (χ3n) is 1.17. The standard InChI is InChI=1S/C6H15N3O/c1-9(2)5-3-4-6(10)8-7/h3-5,7H2,1-2H3,(H,8,10). The largest absolute Gasteiger partial charge is 0.309 e. The van der Waals surface area contributed by atoms with Crippen molar-refractivity contribution in [2.75, 3.05) is 20.6 Å². The Morgan fingerprint density at radius 2 is 2.20 bits per heavy atom. The molecule has 0 aliphatic heterocycles. The van der Waals surface area contributed by atoms with Gasteiger partial charge in [0.15, 0.2) is 0 Å². The Bertz CT molecular complexity index is 103. The molecule has 0 atom stereocenters. The third kappa shape index (κ3) is 5.53. The van der Waals surface area contributed by atoms with Crippen LogP contribution in [0.25, 0.3) is 0 Å². The summed E-state index contributed by atoms with van der Waals surface area (Å²) in [5.41, 5.74) is 2.08. The van der Waals surface area contributed by atoms with Gasteiger partial charge in [-0.15, -0.1) is 0 Å². The fraction of sp³-hybridized carbons (Fsp3) is 0.833. The summed E-state index contributed by atoms with van der Waals surface area (Å²) in [5, 5.41) is 0. The summed E-state index contributed by atoms with van der Waals surface area (Å²) in [6.07, 6.45) is 1.37. The highest BCUT2D eigenvalue weighted by Gasteiger charge is 1.97. The Morgan fingerprint density at radius 3 is 2.60 bits per heavy atom. The zero-order chi connectivity index (χ0) is 7.98. The molecule has 0 aromatic heterocycles. The first-order valence-electron chi connectivity index (χ1n) is 3.31. The molecule has 0 aliphatic rings. The second kappa shape index (κ2) is 5.20. The molecule has 0 aliphatic carbocycles. The van der Waals surface area contributed by atoms with Crippen LogP contribution < -0.4 is 11.3 Å². The number of rotatable bonds is 4. The van der Waals surface area contributed by atoms with E-state index >= 15 is 0 Å². The van der Waals surface area contributed by atoms with Gasteiger partial charge in [0.25, 0.3) is 0 Å². The summed E-state index contributed by atoms with van der Waals surface area (Å²) in [7, 11) is 3.95. The summed E-state index contributed by atoms with van der Waals surface area (Å²) in [6.45, 7) is 0.924. The van der Waals surface area contributed by atoms with E-state index in [9.17, 15) is 4.79 Å². The SMILES string of the molecule is CN(C)CCCC(=O)NN. The zero-order valence-corrected chi connectivity index (χ0v) is 6.55. The van der Waals surface area contributed by atoms with E-state index in [0.29, 0.717) is 6.42 Å². The van der Waals surface area contributed by atoms with Crippen LogP contribution in [0.3, 0.4) is 0 Å². The molecule has 4 heteroatoms. The van der Waals surface area contributed by atoms with Crippen LogP contribution in [0.2, 0.25) is 0 Å². The second-order valence-electron chi connectivity index (χ2n) is 2.47.